The summed E-state index contributed by atoms with van der Waals surface area (Å²) in [6.45, 7) is 12.5. The fourth-order valence-corrected chi connectivity index (χ4v) is 9.68. The van der Waals surface area contributed by atoms with Crippen LogP contribution < -0.4 is 0 Å². The van der Waals surface area contributed by atoms with Crippen LogP contribution in [0.25, 0.3) is 0 Å². The van der Waals surface area contributed by atoms with E-state index in [1.54, 1.807) is 29.8 Å². The van der Waals surface area contributed by atoms with Crippen molar-refractivity contribution in [2.75, 3.05) is 0 Å². The number of hydrogen-bond acceptors (Lipinski definition) is 2. The second-order valence-corrected chi connectivity index (χ2v) is 14.5. The molecule has 0 aliphatic heterocycles. The van der Waals surface area contributed by atoms with Gasteiger partial charge in [-0.25, -0.2) is 4.79 Å². The third-order valence-electron chi connectivity index (χ3n) is 11.6. The van der Waals surface area contributed by atoms with Gasteiger partial charge >= 0.3 is 5.97 Å². The molecule has 0 N–H and O–H groups in total. The molecule has 37 heavy (non-hydrogen) atoms. The number of halogens is 1. The Hall–Kier alpha value is -1.28. The molecule has 0 saturated heterocycles. The molecule has 0 bridgehead atoms. The van der Waals surface area contributed by atoms with Crippen LogP contribution in [0.4, 0.5) is 0 Å². The van der Waals surface area contributed by atoms with Gasteiger partial charge in [-0.2, -0.15) is 0 Å². The van der Waals surface area contributed by atoms with E-state index in [0.29, 0.717) is 16.0 Å². The molecule has 0 amide bonds. The van der Waals surface area contributed by atoms with Gasteiger partial charge in [-0.05, 0) is 116 Å². The van der Waals surface area contributed by atoms with E-state index < -0.39 is 0 Å². The van der Waals surface area contributed by atoms with E-state index in [2.05, 4.69) is 40.7 Å². The van der Waals surface area contributed by atoms with Crippen LogP contribution in [0.3, 0.4) is 0 Å². The van der Waals surface area contributed by atoms with Gasteiger partial charge in [0.15, 0.2) is 0 Å². The van der Waals surface area contributed by atoms with Crippen LogP contribution in [0, 0.1) is 46.3 Å². The molecule has 1 aromatic carbocycles. The van der Waals surface area contributed by atoms with E-state index in [4.69, 9.17) is 16.3 Å². The number of hydrogen-bond donors (Lipinski definition) is 0. The number of esters is 1. The summed E-state index contributed by atoms with van der Waals surface area (Å²) in [6, 6.07) is 7.05. The second kappa shape index (κ2) is 10.7. The summed E-state index contributed by atoms with van der Waals surface area (Å²) < 4.78 is 6.00. The van der Waals surface area contributed by atoms with Crippen LogP contribution in [0.15, 0.2) is 35.9 Å². The smallest absolute Gasteiger partial charge is 0.338 e. The lowest BCUT2D eigenvalue weighted by atomic mass is 9.47. The number of carbonyl (C=O) groups excluding carboxylic acids is 1. The largest absolute Gasteiger partial charge is 0.458 e. The van der Waals surface area contributed by atoms with Crippen molar-refractivity contribution in [3.05, 3.63) is 46.5 Å². The molecule has 4 aliphatic rings. The molecule has 204 valence electrons. The van der Waals surface area contributed by atoms with Crippen molar-refractivity contribution in [1.29, 1.82) is 0 Å². The standard InChI is InChI=1S/C34H49ClO2/c1-22(2)7-6-8-23(3)29-15-16-30-28-14-11-25-21-27(37-32(36)24-9-12-26(35)13-10-24)17-19-33(25,4)31(28)18-20-34(29,30)5/h9-13,22-23,27-31H,6-8,14-21H2,1-5H3/t23-,27?,28?,29-,30?,31?,33+,34-/m1/s1. The van der Waals surface area contributed by atoms with Gasteiger partial charge in [-0.15, -0.1) is 0 Å². The lowest BCUT2D eigenvalue weighted by Crippen LogP contribution is -2.51. The van der Waals surface area contributed by atoms with E-state index in [1.165, 1.54) is 51.4 Å². The molecule has 4 unspecified atom stereocenters. The van der Waals surface area contributed by atoms with Crippen molar-refractivity contribution in [3.63, 3.8) is 0 Å². The van der Waals surface area contributed by atoms with Crippen LogP contribution in [-0.4, -0.2) is 12.1 Å². The SMILES string of the molecule is CC(C)CCC[C@@H](C)[C@H]1CCC2C3CC=C4CC(OC(=O)c5ccc(Cl)cc5)CC[C@]4(C)C3CC[C@@]21C. The Labute approximate surface area is 231 Å². The van der Waals surface area contributed by atoms with E-state index in [-0.39, 0.29) is 17.5 Å². The van der Waals surface area contributed by atoms with Crippen molar-refractivity contribution < 1.29 is 9.53 Å². The molecule has 0 heterocycles. The van der Waals surface area contributed by atoms with Gasteiger partial charge in [-0.3, -0.25) is 0 Å². The first-order valence-electron chi connectivity index (χ1n) is 15.3. The molecular weight excluding hydrogens is 476 g/mol. The Morgan fingerprint density at radius 3 is 2.49 bits per heavy atom. The summed E-state index contributed by atoms with van der Waals surface area (Å²) in [6.07, 6.45) is 16.7. The minimum absolute atomic E-state index is 0.00420. The summed E-state index contributed by atoms with van der Waals surface area (Å²) in [5.74, 6) is 4.91. The molecule has 1 aromatic rings. The zero-order valence-corrected chi connectivity index (χ0v) is 24.7. The Morgan fingerprint density at radius 2 is 1.76 bits per heavy atom. The summed E-state index contributed by atoms with van der Waals surface area (Å²) >= 11 is 5.99. The van der Waals surface area contributed by atoms with E-state index in [9.17, 15) is 4.79 Å². The van der Waals surface area contributed by atoms with E-state index in [1.807, 2.05) is 0 Å². The molecule has 2 nitrogen and oxygen atoms in total. The molecule has 0 radical (unpaired) electrons. The molecule has 3 saturated carbocycles. The minimum atomic E-state index is -0.215. The normalized spacial score (nSPS) is 37.8. The highest BCUT2D eigenvalue weighted by molar-refractivity contribution is 6.30. The predicted octanol–water partition coefficient (Wildman–Crippen LogP) is 9.91. The molecule has 3 heteroatoms. The summed E-state index contributed by atoms with van der Waals surface area (Å²) in [7, 11) is 0. The first-order chi connectivity index (χ1) is 17.6. The van der Waals surface area contributed by atoms with Crippen molar-refractivity contribution in [2.24, 2.45) is 46.3 Å². The first kappa shape index (κ1) is 27.3. The average molecular weight is 525 g/mol. The molecule has 3 fully saturated rings. The van der Waals surface area contributed by atoms with Gasteiger partial charge in [0.1, 0.15) is 6.10 Å². The lowest BCUT2D eigenvalue weighted by Gasteiger charge is -2.58. The van der Waals surface area contributed by atoms with Crippen LogP contribution in [-0.2, 0) is 4.74 Å². The second-order valence-electron chi connectivity index (χ2n) is 14.1. The zero-order valence-electron chi connectivity index (χ0n) is 23.9. The highest BCUT2D eigenvalue weighted by Crippen LogP contribution is 2.67. The Balaban J connectivity index is 1.25. The molecule has 8 atom stereocenters. The number of allylic oxidation sites excluding steroid dienone is 1. The number of carbonyl (C=O) groups is 1. The Bertz CT molecular complexity index is 996. The maximum absolute atomic E-state index is 12.8. The van der Waals surface area contributed by atoms with Crippen LogP contribution >= 0.6 is 11.6 Å². The predicted molar refractivity (Wildman–Crippen MR) is 154 cm³/mol. The monoisotopic (exact) mass is 524 g/mol. The van der Waals surface area contributed by atoms with Crippen LogP contribution in [0.2, 0.25) is 5.02 Å². The van der Waals surface area contributed by atoms with Crippen LogP contribution in [0.1, 0.15) is 116 Å². The Morgan fingerprint density at radius 1 is 1.00 bits per heavy atom. The number of fused-ring (bicyclic) bond motifs is 5. The first-order valence-corrected chi connectivity index (χ1v) is 15.7. The van der Waals surface area contributed by atoms with Gasteiger partial charge in [0.2, 0.25) is 0 Å². The molecular formula is C34H49ClO2. The van der Waals surface area contributed by atoms with E-state index >= 15 is 0 Å². The average Bonchev–Trinajstić information content (AvgIpc) is 3.21. The lowest BCUT2D eigenvalue weighted by molar-refractivity contribution is -0.0594. The molecule has 0 aromatic heterocycles. The third kappa shape index (κ3) is 5.18. The highest BCUT2D eigenvalue weighted by Gasteiger charge is 2.59. The number of ether oxygens (including phenoxy) is 1. The van der Waals surface area contributed by atoms with Crippen molar-refractivity contribution in [2.45, 2.75) is 111 Å². The van der Waals surface area contributed by atoms with Gasteiger partial charge in [0.25, 0.3) is 0 Å². The molecule has 5 rings (SSSR count). The highest BCUT2D eigenvalue weighted by atomic mass is 35.5. The topological polar surface area (TPSA) is 26.3 Å². The maximum atomic E-state index is 12.8. The quantitative estimate of drug-likeness (QED) is 0.262. The third-order valence-corrected chi connectivity index (χ3v) is 11.9. The van der Waals surface area contributed by atoms with Gasteiger partial charge in [0, 0.05) is 11.4 Å². The van der Waals surface area contributed by atoms with Gasteiger partial charge < -0.3 is 4.74 Å². The van der Waals surface area contributed by atoms with Gasteiger partial charge in [-0.1, -0.05) is 77.1 Å². The minimum Gasteiger partial charge on any atom is -0.458 e. The van der Waals surface area contributed by atoms with Crippen molar-refractivity contribution in [1.82, 2.24) is 0 Å². The van der Waals surface area contributed by atoms with Crippen molar-refractivity contribution >= 4 is 17.6 Å². The summed E-state index contributed by atoms with van der Waals surface area (Å²) in [5.41, 5.74) is 2.99. The molecule has 4 aliphatic carbocycles. The fraction of sp³-hybridized carbons (Fsp3) is 0.735. The summed E-state index contributed by atoms with van der Waals surface area (Å²) in [4.78, 5) is 12.8. The number of rotatable bonds is 7. The van der Waals surface area contributed by atoms with Crippen molar-refractivity contribution in [3.8, 4) is 0 Å². The Kier molecular flexibility index (Phi) is 7.90. The zero-order chi connectivity index (χ0) is 26.4. The number of benzene rings is 1. The van der Waals surface area contributed by atoms with Gasteiger partial charge in [0.05, 0.1) is 5.56 Å². The maximum Gasteiger partial charge on any atom is 0.338 e. The van der Waals surface area contributed by atoms with E-state index in [0.717, 1.165) is 54.8 Å². The van der Waals surface area contributed by atoms with Crippen LogP contribution in [0.5, 0.6) is 0 Å². The molecule has 0 spiro atoms. The summed E-state index contributed by atoms with van der Waals surface area (Å²) in [5, 5.41) is 0.643. The fourth-order valence-electron chi connectivity index (χ4n) is 9.56.